The fraction of sp³-hybridized carbons (Fsp3) is 0.143. The molecule has 4 nitrogen and oxygen atoms in total. The van der Waals surface area contributed by atoms with E-state index in [1.54, 1.807) is 0 Å². The molecule has 0 amide bonds. The van der Waals surface area contributed by atoms with Crippen LogP contribution in [0.3, 0.4) is 0 Å². The van der Waals surface area contributed by atoms with E-state index < -0.39 is 5.97 Å². The van der Waals surface area contributed by atoms with Gasteiger partial charge < -0.3 is 9.84 Å². The van der Waals surface area contributed by atoms with Gasteiger partial charge in [0.05, 0.1) is 11.8 Å². The molecule has 0 aliphatic heterocycles. The van der Waals surface area contributed by atoms with Crippen LogP contribution >= 0.6 is 0 Å². The highest BCUT2D eigenvalue weighted by atomic mass is 16.5. The van der Waals surface area contributed by atoms with Gasteiger partial charge in [-0.2, -0.15) is 0 Å². The van der Waals surface area contributed by atoms with Gasteiger partial charge in [0, 0.05) is 6.20 Å². The van der Waals surface area contributed by atoms with E-state index in [-0.39, 0.29) is 5.56 Å². The van der Waals surface area contributed by atoms with E-state index in [0.717, 1.165) is 16.9 Å². The van der Waals surface area contributed by atoms with Crippen LogP contribution in [0.25, 0.3) is 0 Å². The van der Waals surface area contributed by atoms with Crippen molar-refractivity contribution in [1.82, 2.24) is 4.98 Å². The van der Waals surface area contributed by atoms with Crippen LogP contribution in [-0.4, -0.2) is 16.1 Å². The number of aryl methyl sites for hydroxylation is 2. The minimum atomic E-state index is -1.02. The van der Waals surface area contributed by atoms with Crippen LogP contribution in [0, 0.1) is 13.8 Å². The number of para-hydroxylation sites is 1. The van der Waals surface area contributed by atoms with Gasteiger partial charge in [0.15, 0.2) is 0 Å². The summed E-state index contributed by atoms with van der Waals surface area (Å²) >= 11 is 0. The first-order valence-corrected chi connectivity index (χ1v) is 5.50. The summed E-state index contributed by atoms with van der Waals surface area (Å²) in [5.74, 6) is 0.142. The van der Waals surface area contributed by atoms with Crippen molar-refractivity contribution >= 4 is 5.97 Å². The second-order valence-corrected chi connectivity index (χ2v) is 4.04. The van der Waals surface area contributed by atoms with Crippen LogP contribution < -0.4 is 4.74 Å². The number of benzene rings is 1. The van der Waals surface area contributed by atoms with Crippen LogP contribution in [0.15, 0.2) is 36.7 Å². The first-order valence-electron chi connectivity index (χ1n) is 5.50. The van der Waals surface area contributed by atoms with Crippen LogP contribution in [0.2, 0.25) is 0 Å². The Kier molecular flexibility index (Phi) is 3.28. The standard InChI is InChI=1S/C14H13NO3/c1-9-4-3-5-10(2)13(9)18-12-6-11(14(16)17)7-15-8-12/h3-8H,1-2H3,(H,16,17). The number of carboxylic acids is 1. The lowest BCUT2D eigenvalue weighted by Gasteiger charge is -2.11. The van der Waals surface area contributed by atoms with Gasteiger partial charge in [-0.05, 0) is 31.0 Å². The molecule has 1 N–H and O–H groups in total. The molecule has 4 heteroatoms. The summed E-state index contributed by atoms with van der Waals surface area (Å²) in [6, 6.07) is 7.29. The zero-order valence-corrected chi connectivity index (χ0v) is 10.2. The van der Waals surface area contributed by atoms with E-state index in [2.05, 4.69) is 4.98 Å². The third-order valence-electron chi connectivity index (χ3n) is 2.59. The summed E-state index contributed by atoms with van der Waals surface area (Å²) in [5, 5.41) is 8.89. The van der Waals surface area contributed by atoms with Gasteiger partial charge in [-0.1, -0.05) is 18.2 Å². The Balaban J connectivity index is 2.34. The van der Waals surface area contributed by atoms with Gasteiger partial charge in [0.25, 0.3) is 0 Å². The number of hydrogen-bond donors (Lipinski definition) is 1. The molecule has 0 spiro atoms. The number of hydrogen-bond acceptors (Lipinski definition) is 3. The van der Waals surface area contributed by atoms with Crippen LogP contribution in [0.4, 0.5) is 0 Å². The topological polar surface area (TPSA) is 59.4 Å². The molecule has 2 aromatic rings. The van der Waals surface area contributed by atoms with E-state index in [1.165, 1.54) is 18.5 Å². The van der Waals surface area contributed by atoms with Crippen molar-refractivity contribution < 1.29 is 14.6 Å². The fourth-order valence-electron chi connectivity index (χ4n) is 1.67. The van der Waals surface area contributed by atoms with Crippen molar-refractivity contribution in [2.24, 2.45) is 0 Å². The highest BCUT2D eigenvalue weighted by Gasteiger charge is 2.08. The Morgan fingerprint density at radius 2 is 1.89 bits per heavy atom. The number of rotatable bonds is 3. The first-order chi connectivity index (χ1) is 8.58. The largest absolute Gasteiger partial charge is 0.478 e. The van der Waals surface area contributed by atoms with Crippen molar-refractivity contribution in [3.05, 3.63) is 53.3 Å². The van der Waals surface area contributed by atoms with E-state index in [0.29, 0.717) is 5.75 Å². The molecule has 0 radical (unpaired) electrons. The lowest BCUT2D eigenvalue weighted by Crippen LogP contribution is -1.98. The average Bonchev–Trinajstić information content (AvgIpc) is 2.34. The smallest absolute Gasteiger partial charge is 0.337 e. The molecule has 92 valence electrons. The van der Waals surface area contributed by atoms with Crippen molar-refractivity contribution in [2.75, 3.05) is 0 Å². The highest BCUT2D eigenvalue weighted by Crippen LogP contribution is 2.28. The lowest BCUT2D eigenvalue weighted by molar-refractivity contribution is 0.0696. The minimum absolute atomic E-state index is 0.110. The summed E-state index contributed by atoms with van der Waals surface area (Å²) in [5.41, 5.74) is 2.10. The number of aromatic carboxylic acids is 1. The second-order valence-electron chi connectivity index (χ2n) is 4.04. The molecule has 0 aliphatic carbocycles. The molecule has 0 aliphatic rings. The van der Waals surface area contributed by atoms with Crippen molar-refractivity contribution in [3.8, 4) is 11.5 Å². The molecule has 0 unspecified atom stereocenters. The molecule has 0 saturated heterocycles. The third kappa shape index (κ3) is 2.48. The van der Waals surface area contributed by atoms with Gasteiger partial charge in [0.2, 0.25) is 0 Å². The maximum atomic E-state index is 10.8. The molecule has 0 saturated carbocycles. The SMILES string of the molecule is Cc1cccc(C)c1Oc1cncc(C(=O)O)c1. The minimum Gasteiger partial charge on any atom is -0.478 e. The molecule has 2 rings (SSSR count). The zero-order valence-electron chi connectivity index (χ0n) is 10.2. The number of aromatic nitrogens is 1. The van der Waals surface area contributed by atoms with E-state index in [9.17, 15) is 4.79 Å². The maximum absolute atomic E-state index is 10.8. The maximum Gasteiger partial charge on any atom is 0.337 e. The molecule has 0 bridgehead atoms. The second kappa shape index (κ2) is 4.87. The van der Waals surface area contributed by atoms with Gasteiger partial charge >= 0.3 is 5.97 Å². The summed E-state index contributed by atoms with van der Waals surface area (Å²) in [7, 11) is 0. The average molecular weight is 243 g/mol. The van der Waals surface area contributed by atoms with Gasteiger partial charge in [-0.3, -0.25) is 4.98 Å². The molecule has 1 aromatic carbocycles. The van der Waals surface area contributed by atoms with Crippen molar-refractivity contribution in [2.45, 2.75) is 13.8 Å². The van der Waals surface area contributed by atoms with Crippen LogP contribution in [-0.2, 0) is 0 Å². The summed E-state index contributed by atoms with van der Waals surface area (Å²) in [4.78, 5) is 14.7. The van der Waals surface area contributed by atoms with E-state index in [4.69, 9.17) is 9.84 Å². The number of nitrogens with zero attached hydrogens (tertiary/aromatic N) is 1. The van der Waals surface area contributed by atoms with E-state index in [1.807, 2.05) is 32.0 Å². The summed E-state index contributed by atoms with van der Waals surface area (Å²) in [6.45, 7) is 3.88. The fourth-order valence-corrected chi connectivity index (χ4v) is 1.67. The zero-order chi connectivity index (χ0) is 13.1. The predicted molar refractivity (Wildman–Crippen MR) is 67.2 cm³/mol. The number of ether oxygens (including phenoxy) is 1. The molecule has 0 fully saturated rings. The first kappa shape index (κ1) is 12.1. The van der Waals surface area contributed by atoms with Crippen LogP contribution in [0.5, 0.6) is 11.5 Å². The Morgan fingerprint density at radius 3 is 2.50 bits per heavy atom. The van der Waals surface area contributed by atoms with Gasteiger partial charge in [-0.25, -0.2) is 4.79 Å². The summed E-state index contributed by atoms with van der Waals surface area (Å²) in [6.07, 6.45) is 2.79. The number of pyridine rings is 1. The third-order valence-corrected chi connectivity index (χ3v) is 2.59. The summed E-state index contributed by atoms with van der Waals surface area (Å²) < 4.78 is 5.70. The van der Waals surface area contributed by atoms with E-state index >= 15 is 0 Å². The Morgan fingerprint density at radius 1 is 1.22 bits per heavy atom. The molecule has 1 aromatic heterocycles. The highest BCUT2D eigenvalue weighted by molar-refractivity contribution is 5.87. The predicted octanol–water partition coefficient (Wildman–Crippen LogP) is 3.19. The molecule has 18 heavy (non-hydrogen) atoms. The van der Waals surface area contributed by atoms with Gasteiger partial charge in [-0.15, -0.1) is 0 Å². The Labute approximate surface area is 105 Å². The molecular weight excluding hydrogens is 230 g/mol. The van der Waals surface area contributed by atoms with Crippen LogP contribution in [0.1, 0.15) is 21.5 Å². The number of carbonyl (C=O) groups is 1. The van der Waals surface area contributed by atoms with Crippen molar-refractivity contribution in [3.63, 3.8) is 0 Å². The molecule has 1 heterocycles. The molecular formula is C14H13NO3. The number of carboxylic acid groups (broad SMARTS) is 1. The van der Waals surface area contributed by atoms with Gasteiger partial charge in [0.1, 0.15) is 11.5 Å². The van der Waals surface area contributed by atoms with Crippen molar-refractivity contribution in [1.29, 1.82) is 0 Å². The quantitative estimate of drug-likeness (QED) is 0.899. The monoisotopic (exact) mass is 243 g/mol. The Bertz CT molecular complexity index is 573. The normalized spacial score (nSPS) is 10.1. The molecule has 0 atom stereocenters. The Hall–Kier alpha value is -2.36. The lowest BCUT2D eigenvalue weighted by atomic mass is 10.1.